The van der Waals surface area contributed by atoms with Crippen LogP contribution in [0.1, 0.15) is 43.0 Å². The standard InChI is InChI=1S/C17H21N3O5/c1-17(16(22)23)7-4-10-19(17)15(21)12-5-6-13(14(11-12)20(24)25)18-8-2-3-9-18/h5-6,11H,2-4,7-10H2,1H3,(H,22,23). The Balaban J connectivity index is 1.94. The second kappa shape index (κ2) is 6.34. The van der Waals surface area contributed by atoms with Crippen LogP contribution >= 0.6 is 0 Å². The highest BCUT2D eigenvalue weighted by Crippen LogP contribution is 2.34. The van der Waals surface area contributed by atoms with Crippen LogP contribution in [0, 0.1) is 10.1 Å². The molecule has 8 heteroatoms. The number of benzene rings is 1. The molecule has 2 aliphatic heterocycles. The Labute approximate surface area is 145 Å². The van der Waals surface area contributed by atoms with Gasteiger partial charge in [-0.2, -0.15) is 0 Å². The van der Waals surface area contributed by atoms with Gasteiger partial charge in [0.05, 0.1) is 4.92 Å². The zero-order valence-electron chi connectivity index (χ0n) is 14.1. The molecule has 0 aliphatic carbocycles. The zero-order valence-corrected chi connectivity index (χ0v) is 14.1. The summed E-state index contributed by atoms with van der Waals surface area (Å²) in [5.41, 5.74) is -0.700. The maximum atomic E-state index is 12.8. The Morgan fingerprint density at radius 1 is 1.20 bits per heavy atom. The Morgan fingerprint density at radius 2 is 1.88 bits per heavy atom. The Kier molecular flexibility index (Phi) is 4.36. The highest BCUT2D eigenvalue weighted by molar-refractivity contribution is 5.99. The van der Waals surface area contributed by atoms with Gasteiger partial charge < -0.3 is 14.9 Å². The molecule has 1 amide bonds. The van der Waals surface area contributed by atoms with E-state index in [1.807, 2.05) is 4.90 Å². The van der Waals surface area contributed by atoms with Gasteiger partial charge in [-0.3, -0.25) is 14.9 Å². The summed E-state index contributed by atoms with van der Waals surface area (Å²) in [5, 5.41) is 20.9. The number of hydrogen-bond acceptors (Lipinski definition) is 5. The first-order chi connectivity index (χ1) is 11.8. The van der Waals surface area contributed by atoms with Gasteiger partial charge in [0.2, 0.25) is 0 Å². The summed E-state index contributed by atoms with van der Waals surface area (Å²) < 4.78 is 0. The molecule has 2 heterocycles. The van der Waals surface area contributed by atoms with E-state index in [9.17, 15) is 24.8 Å². The number of carbonyl (C=O) groups is 2. The van der Waals surface area contributed by atoms with Gasteiger partial charge in [-0.15, -0.1) is 0 Å². The molecule has 2 fully saturated rings. The fourth-order valence-electron chi connectivity index (χ4n) is 3.70. The smallest absolute Gasteiger partial charge is 0.329 e. The molecular formula is C17H21N3O5. The van der Waals surface area contributed by atoms with Crippen molar-refractivity contribution in [2.75, 3.05) is 24.5 Å². The van der Waals surface area contributed by atoms with E-state index in [1.54, 1.807) is 12.1 Å². The van der Waals surface area contributed by atoms with E-state index >= 15 is 0 Å². The van der Waals surface area contributed by atoms with Crippen LogP contribution < -0.4 is 4.90 Å². The SMILES string of the molecule is CC1(C(=O)O)CCCN1C(=O)c1ccc(N2CCCC2)c([N+](=O)[O-])c1. The lowest BCUT2D eigenvalue weighted by Gasteiger charge is -2.31. The van der Waals surface area contributed by atoms with Gasteiger partial charge in [-0.05, 0) is 44.7 Å². The molecule has 134 valence electrons. The van der Waals surface area contributed by atoms with Crippen molar-refractivity contribution >= 4 is 23.3 Å². The van der Waals surface area contributed by atoms with Crippen LogP contribution in [0.2, 0.25) is 0 Å². The van der Waals surface area contributed by atoms with Crippen LogP contribution in [0.3, 0.4) is 0 Å². The lowest BCUT2D eigenvalue weighted by molar-refractivity contribution is -0.384. The second-order valence-electron chi connectivity index (χ2n) is 6.79. The molecule has 8 nitrogen and oxygen atoms in total. The van der Waals surface area contributed by atoms with Crippen LogP contribution in [-0.4, -0.2) is 52.0 Å². The predicted molar refractivity (Wildman–Crippen MR) is 90.9 cm³/mol. The largest absolute Gasteiger partial charge is 0.480 e. The van der Waals surface area contributed by atoms with Crippen LogP contribution in [0.5, 0.6) is 0 Å². The van der Waals surface area contributed by atoms with Crippen LogP contribution in [-0.2, 0) is 4.79 Å². The van der Waals surface area contributed by atoms with Gasteiger partial charge >= 0.3 is 5.97 Å². The minimum absolute atomic E-state index is 0.107. The van der Waals surface area contributed by atoms with Crippen molar-refractivity contribution < 1.29 is 19.6 Å². The number of amides is 1. The first-order valence-corrected chi connectivity index (χ1v) is 8.43. The molecule has 0 saturated carbocycles. The van der Waals surface area contributed by atoms with Crippen molar-refractivity contribution in [1.82, 2.24) is 4.90 Å². The fourth-order valence-corrected chi connectivity index (χ4v) is 3.70. The third-order valence-electron chi connectivity index (χ3n) is 5.21. The predicted octanol–water partition coefficient (Wildman–Crippen LogP) is 2.27. The number of carboxylic acids is 1. The van der Waals surface area contributed by atoms with Crippen LogP contribution in [0.25, 0.3) is 0 Å². The minimum Gasteiger partial charge on any atom is -0.480 e. The number of rotatable bonds is 4. The molecule has 1 aromatic carbocycles. The molecule has 25 heavy (non-hydrogen) atoms. The summed E-state index contributed by atoms with van der Waals surface area (Å²) in [4.78, 5) is 38.6. The van der Waals surface area contributed by atoms with Crippen molar-refractivity contribution in [3.05, 3.63) is 33.9 Å². The molecule has 0 aromatic heterocycles. The molecule has 2 aliphatic rings. The first-order valence-electron chi connectivity index (χ1n) is 8.43. The Hall–Kier alpha value is -2.64. The topological polar surface area (TPSA) is 104 Å². The van der Waals surface area contributed by atoms with E-state index in [0.717, 1.165) is 25.9 Å². The van der Waals surface area contributed by atoms with Crippen molar-refractivity contribution in [3.8, 4) is 0 Å². The molecule has 0 spiro atoms. The summed E-state index contributed by atoms with van der Waals surface area (Å²) in [7, 11) is 0. The number of hydrogen-bond donors (Lipinski definition) is 1. The van der Waals surface area contributed by atoms with Crippen molar-refractivity contribution in [3.63, 3.8) is 0 Å². The number of anilines is 1. The van der Waals surface area contributed by atoms with Gasteiger partial charge in [0.1, 0.15) is 11.2 Å². The van der Waals surface area contributed by atoms with Crippen molar-refractivity contribution in [2.45, 2.75) is 38.1 Å². The van der Waals surface area contributed by atoms with Crippen molar-refractivity contribution in [1.29, 1.82) is 0 Å². The van der Waals surface area contributed by atoms with Crippen LogP contribution in [0.4, 0.5) is 11.4 Å². The maximum absolute atomic E-state index is 12.8. The fraction of sp³-hybridized carbons (Fsp3) is 0.529. The number of nitro groups is 1. The maximum Gasteiger partial charge on any atom is 0.329 e. The van der Waals surface area contributed by atoms with Crippen LogP contribution in [0.15, 0.2) is 18.2 Å². The summed E-state index contributed by atoms with van der Waals surface area (Å²) in [6.07, 6.45) is 2.95. The third-order valence-corrected chi connectivity index (χ3v) is 5.21. The minimum atomic E-state index is -1.26. The molecule has 1 N–H and O–H groups in total. The van der Waals surface area contributed by atoms with E-state index < -0.39 is 22.3 Å². The molecule has 3 rings (SSSR count). The quantitative estimate of drug-likeness (QED) is 0.662. The van der Waals surface area contributed by atoms with Gasteiger partial charge in [0.25, 0.3) is 11.6 Å². The summed E-state index contributed by atoms with van der Waals surface area (Å²) in [5.74, 6) is -1.53. The molecule has 1 aromatic rings. The average molecular weight is 347 g/mol. The normalized spacial score (nSPS) is 23.1. The third kappa shape index (κ3) is 2.92. The van der Waals surface area contributed by atoms with E-state index in [1.165, 1.54) is 17.9 Å². The Morgan fingerprint density at radius 3 is 2.48 bits per heavy atom. The number of nitro benzene ring substituents is 1. The van der Waals surface area contributed by atoms with Gasteiger partial charge in [-0.1, -0.05) is 0 Å². The lowest BCUT2D eigenvalue weighted by atomic mass is 9.98. The molecular weight excluding hydrogens is 326 g/mol. The van der Waals surface area contributed by atoms with Gasteiger partial charge in [0.15, 0.2) is 0 Å². The summed E-state index contributed by atoms with van der Waals surface area (Å²) >= 11 is 0. The molecule has 1 unspecified atom stereocenters. The number of carboxylic acid groups (broad SMARTS) is 1. The van der Waals surface area contributed by atoms with E-state index in [-0.39, 0.29) is 11.3 Å². The highest BCUT2D eigenvalue weighted by atomic mass is 16.6. The molecule has 2 saturated heterocycles. The second-order valence-corrected chi connectivity index (χ2v) is 6.79. The van der Waals surface area contributed by atoms with E-state index in [2.05, 4.69) is 0 Å². The molecule has 1 atom stereocenters. The number of nitrogens with zero attached hydrogens (tertiary/aromatic N) is 3. The monoisotopic (exact) mass is 347 g/mol. The van der Waals surface area contributed by atoms with Gasteiger partial charge in [0, 0.05) is 31.3 Å². The van der Waals surface area contributed by atoms with E-state index in [4.69, 9.17) is 0 Å². The van der Waals surface area contributed by atoms with E-state index in [0.29, 0.717) is 25.1 Å². The summed E-state index contributed by atoms with van der Waals surface area (Å²) in [6, 6.07) is 4.44. The number of aliphatic carboxylic acids is 1. The first kappa shape index (κ1) is 17.2. The number of carbonyl (C=O) groups excluding carboxylic acids is 1. The highest BCUT2D eigenvalue weighted by Gasteiger charge is 2.46. The molecule has 0 bridgehead atoms. The lowest BCUT2D eigenvalue weighted by Crippen LogP contribution is -2.50. The zero-order chi connectivity index (χ0) is 18.2. The Bertz CT molecular complexity index is 729. The van der Waals surface area contributed by atoms with Crippen molar-refractivity contribution in [2.24, 2.45) is 0 Å². The van der Waals surface area contributed by atoms with Gasteiger partial charge in [-0.25, -0.2) is 4.79 Å². The number of likely N-dealkylation sites (tertiary alicyclic amines) is 1. The summed E-state index contributed by atoms with van der Waals surface area (Å²) in [6.45, 7) is 3.38. The molecule has 0 radical (unpaired) electrons. The average Bonchev–Trinajstić information content (AvgIpc) is 3.23.